The number of anilines is 1. The number of piperidine rings is 1. The lowest BCUT2D eigenvalue weighted by molar-refractivity contribution is -0.127. The molecule has 0 aliphatic carbocycles. The zero-order valence-electron chi connectivity index (χ0n) is 19.1. The summed E-state index contributed by atoms with van der Waals surface area (Å²) in [5.41, 5.74) is 4.31. The molecule has 3 aromatic heterocycles. The highest BCUT2D eigenvalue weighted by Crippen LogP contribution is 2.27. The Labute approximate surface area is 202 Å². The Morgan fingerprint density at radius 2 is 1.86 bits per heavy atom. The molecule has 1 fully saturated rings. The average molecular weight is 468 g/mol. The second-order valence-corrected chi connectivity index (χ2v) is 8.38. The summed E-state index contributed by atoms with van der Waals surface area (Å²) in [6, 6.07) is 16.5. The number of carbonyl (C=O) groups excluding carboxylic acids is 2. The van der Waals surface area contributed by atoms with E-state index in [1.165, 1.54) is 6.08 Å². The minimum Gasteiger partial charge on any atom is -0.360 e. The van der Waals surface area contributed by atoms with Gasteiger partial charge in [0, 0.05) is 30.9 Å². The molecule has 1 aliphatic rings. The Bertz CT molecular complexity index is 1330. The summed E-state index contributed by atoms with van der Waals surface area (Å²) in [4.78, 5) is 33.9. The van der Waals surface area contributed by atoms with E-state index in [2.05, 4.69) is 32.2 Å². The standard InChI is InChI=1S/C26H25N7O2/c1-2-25(34)32-15-12-18(13-16-32)24-17-33(31-30-24)20-10-8-19(9-11-20)28-26(35)23-6-3-5-22(29-23)21-7-4-14-27-21/h2-11,14,17-18,27H,1,12-13,15-16H2,(H,28,35). The predicted octanol–water partition coefficient (Wildman–Crippen LogP) is 3.80. The van der Waals surface area contributed by atoms with E-state index in [-0.39, 0.29) is 17.7 Å². The molecule has 0 unspecified atom stereocenters. The van der Waals surface area contributed by atoms with Crippen molar-refractivity contribution in [3.05, 3.63) is 91.0 Å². The lowest BCUT2D eigenvalue weighted by Gasteiger charge is -2.30. The van der Waals surface area contributed by atoms with Crippen LogP contribution >= 0.6 is 0 Å². The summed E-state index contributed by atoms with van der Waals surface area (Å²) in [5, 5.41) is 11.5. The Morgan fingerprint density at radius 1 is 1.06 bits per heavy atom. The molecule has 0 atom stereocenters. The highest BCUT2D eigenvalue weighted by atomic mass is 16.2. The lowest BCUT2D eigenvalue weighted by atomic mass is 9.94. The van der Waals surface area contributed by atoms with E-state index in [9.17, 15) is 9.59 Å². The molecule has 2 amide bonds. The summed E-state index contributed by atoms with van der Waals surface area (Å²) >= 11 is 0. The molecule has 176 valence electrons. The molecule has 9 heteroatoms. The monoisotopic (exact) mass is 467 g/mol. The number of amides is 2. The number of nitrogens with one attached hydrogen (secondary N) is 2. The molecule has 35 heavy (non-hydrogen) atoms. The van der Waals surface area contributed by atoms with E-state index in [0.29, 0.717) is 30.2 Å². The van der Waals surface area contributed by atoms with Gasteiger partial charge < -0.3 is 15.2 Å². The molecule has 1 aliphatic heterocycles. The van der Waals surface area contributed by atoms with Gasteiger partial charge in [-0.25, -0.2) is 9.67 Å². The van der Waals surface area contributed by atoms with Crippen LogP contribution in [0.4, 0.5) is 5.69 Å². The highest BCUT2D eigenvalue weighted by Gasteiger charge is 2.24. The number of aromatic nitrogens is 5. The van der Waals surface area contributed by atoms with Crippen molar-refractivity contribution in [2.24, 2.45) is 0 Å². The van der Waals surface area contributed by atoms with Crippen LogP contribution in [0.2, 0.25) is 0 Å². The van der Waals surface area contributed by atoms with E-state index >= 15 is 0 Å². The van der Waals surface area contributed by atoms with Crippen LogP contribution in [0.15, 0.2) is 79.6 Å². The van der Waals surface area contributed by atoms with E-state index in [1.54, 1.807) is 10.7 Å². The molecule has 5 rings (SSSR count). The van der Waals surface area contributed by atoms with Crippen LogP contribution in [-0.2, 0) is 4.79 Å². The van der Waals surface area contributed by atoms with Crippen molar-refractivity contribution in [1.82, 2.24) is 29.9 Å². The van der Waals surface area contributed by atoms with E-state index in [1.807, 2.05) is 65.8 Å². The number of aromatic amines is 1. The van der Waals surface area contributed by atoms with Crippen molar-refractivity contribution in [3.63, 3.8) is 0 Å². The fraction of sp³-hybridized carbons (Fsp3) is 0.192. The van der Waals surface area contributed by atoms with E-state index in [0.717, 1.165) is 29.9 Å². The van der Waals surface area contributed by atoms with Crippen LogP contribution in [0, 0.1) is 0 Å². The Hall–Kier alpha value is -4.53. The first kappa shape index (κ1) is 22.3. The zero-order valence-corrected chi connectivity index (χ0v) is 19.1. The van der Waals surface area contributed by atoms with E-state index in [4.69, 9.17) is 0 Å². The Balaban J connectivity index is 1.22. The van der Waals surface area contributed by atoms with Crippen molar-refractivity contribution < 1.29 is 9.59 Å². The second-order valence-electron chi connectivity index (χ2n) is 8.38. The maximum absolute atomic E-state index is 12.7. The normalized spacial score (nSPS) is 14.0. The maximum Gasteiger partial charge on any atom is 0.274 e. The van der Waals surface area contributed by atoms with Gasteiger partial charge in [0.2, 0.25) is 5.91 Å². The van der Waals surface area contributed by atoms with Crippen LogP contribution in [0.3, 0.4) is 0 Å². The number of hydrogen-bond acceptors (Lipinski definition) is 5. The van der Waals surface area contributed by atoms with Crippen molar-refractivity contribution >= 4 is 17.5 Å². The fourth-order valence-corrected chi connectivity index (χ4v) is 4.21. The molecule has 0 saturated carbocycles. The van der Waals surface area contributed by atoms with Crippen molar-refractivity contribution in [2.75, 3.05) is 18.4 Å². The van der Waals surface area contributed by atoms with Crippen LogP contribution in [-0.4, -0.2) is 54.8 Å². The first-order valence-electron chi connectivity index (χ1n) is 11.5. The van der Waals surface area contributed by atoms with Crippen LogP contribution in [0.5, 0.6) is 0 Å². The van der Waals surface area contributed by atoms with Crippen LogP contribution in [0.1, 0.15) is 34.9 Å². The van der Waals surface area contributed by atoms with Crippen molar-refractivity contribution in [1.29, 1.82) is 0 Å². The SMILES string of the molecule is C=CC(=O)N1CCC(c2cn(-c3ccc(NC(=O)c4cccc(-c5ccc[nH]5)n4)cc3)nn2)CC1. The van der Waals surface area contributed by atoms with Gasteiger partial charge in [-0.1, -0.05) is 17.9 Å². The second kappa shape index (κ2) is 9.76. The van der Waals surface area contributed by atoms with Gasteiger partial charge in [0.25, 0.3) is 5.91 Å². The third-order valence-electron chi connectivity index (χ3n) is 6.16. The molecule has 0 bridgehead atoms. The number of hydrogen-bond donors (Lipinski definition) is 2. The first-order chi connectivity index (χ1) is 17.1. The Kier molecular flexibility index (Phi) is 6.21. The number of pyridine rings is 1. The quantitative estimate of drug-likeness (QED) is 0.419. The van der Waals surface area contributed by atoms with Crippen molar-refractivity contribution in [2.45, 2.75) is 18.8 Å². The van der Waals surface area contributed by atoms with Gasteiger partial charge >= 0.3 is 0 Å². The molecule has 4 heterocycles. The van der Waals surface area contributed by atoms with Gasteiger partial charge in [-0.3, -0.25) is 9.59 Å². The van der Waals surface area contributed by atoms with Gasteiger partial charge in [-0.15, -0.1) is 5.10 Å². The number of nitrogens with zero attached hydrogens (tertiary/aromatic N) is 5. The van der Waals surface area contributed by atoms with Gasteiger partial charge in [-0.05, 0) is 67.4 Å². The van der Waals surface area contributed by atoms with Gasteiger partial charge in [0.15, 0.2) is 0 Å². The smallest absolute Gasteiger partial charge is 0.274 e. The van der Waals surface area contributed by atoms with Crippen LogP contribution in [0.25, 0.3) is 17.1 Å². The molecule has 4 aromatic rings. The molecule has 1 saturated heterocycles. The van der Waals surface area contributed by atoms with Crippen LogP contribution < -0.4 is 5.32 Å². The third kappa shape index (κ3) is 4.89. The summed E-state index contributed by atoms with van der Waals surface area (Å²) < 4.78 is 1.73. The summed E-state index contributed by atoms with van der Waals surface area (Å²) in [7, 11) is 0. The van der Waals surface area contributed by atoms with Gasteiger partial charge in [-0.2, -0.15) is 0 Å². The molecule has 1 aromatic carbocycles. The maximum atomic E-state index is 12.7. The highest BCUT2D eigenvalue weighted by molar-refractivity contribution is 6.03. The van der Waals surface area contributed by atoms with Crippen molar-refractivity contribution in [3.8, 4) is 17.1 Å². The first-order valence-corrected chi connectivity index (χ1v) is 11.5. The fourth-order valence-electron chi connectivity index (χ4n) is 4.21. The van der Waals surface area contributed by atoms with Gasteiger partial charge in [0.05, 0.1) is 29.0 Å². The predicted molar refractivity (Wildman–Crippen MR) is 132 cm³/mol. The summed E-state index contributed by atoms with van der Waals surface area (Å²) in [6.07, 6.45) is 6.81. The molecular formula is C26H25N7O2. The third-order valence-corrected chi connectivity index (χ3v) is 6.16. The molecule has 0 radical (unpaired) electrons. The molecule has 2 N–H and O–H groups in total. The summed E-state index contributed by atoms with van der Waals surface area (Å²) in [5.74, 6) is -0.0378. The topological polar surface area (TPSA) is 109 Å². The summed E-state index contributed by atoms with van der Waals surface area (Å²) in [6.45, 7) is 4.94. The molecular weight excluding hydrogens is 442 g/mol. The Morgan fingerprint density at radius 3 is 2.57 bits per heavy atom. The number of carbonyl (C=O) groups is 2. The number of likely N-dealkylation sites (tertiary alicyclic amines) is 1. The minimum atomic E-state index is -0.282. The number of H-pyrrole nitrogens is 1. The zero-order chi connectivity index (χ0) is 24.2. The molecule has 0 spiro atoms. The van der Waals surface area contributed by atoms with E-state index < -0.39 is 0 Å². The average Bonchev–Trinajstić information content (AvgIpc) is 3.62. The largest absolute Gasteiger partial charge is 0.360 e. The molecule has 9 nitrogen and oxygen atoms in total. The minimum absolute atomic E-state index is 0.0247. The lowest BCUT2D eigenvalue weighted by Crippen LogP contribution is -2.36. The number of rotatable bonds is 6. The number of benzene rings is 1. The van der Waals surface area contributed by atoms with Gasteiger partial charge in [0.1, 0.15) is 5.69 Å².